The summed E-state index contributed by atoms with van der Waals surface area (Å²) in [6, 6.07) is 10.3. The molecule has 0 aromatic heterocycles. The topological polar surface area (TPSA) is 57.3 Å². The van der Waals surface area contributed by atoms with Crippen LogP contribution in [0.25, 0.3) is 0 Å². The molecule has 2 aromatic rings. The fourth-order valence-electron chi connectivity index (χ4n) is 2.69. The Labute approximate surface area is 182 Å². The van der Waals surface area contributed by atoms with Crippen molar-refractivity contribution >= 4 is 17.7 Å². The van der Waals surface area contributed by atoms with Gasteiger partial charge in [-0.25, -0.2) is 4.79 Å². The van der Waals surface area contributed by atoms with Gasteiger partial charge in [0.1, 0.15) is 23.7 Å². The summed E-state index contributed by atoms with van der Waals surface area (Å²) in [5.74, 6) is 1.20. The molecule has 1 fully saturated rings. The van der Waals surface area contributed by atoms with Crippen LogP contribution < -0.4 is 9.47 Å². The monoisotopic (exact) mass is 456 g/mol. The van der Waals surface area contributed by atoms with Crippen molar-refractivity contribution in [3.63, 3.8) is 0 Å². The standard InChI is InChI=1S/C22H23F3O5S/c1-3-27-20(26)11-28-19-9-8-18(10-15(19)2)31-14-21(13-30-21)12-29-17-6-4-16(5-7-17)22(23,24)25/h4-10H,3,11-14H2,1-2H3. The van der Waals surface area contributed by atoms with Crippen LogP contribution in [0.3, 0.4) is 0 Å². The lowest BCUT2D eigenvalue weighted by atomic mass is 10.2. The van der Waals surface area contributed by atoms with Crippen LogP contribution in [-0.4, -0.2) is 43.8 Å². The Morgan fingerprint density at radius 2 is 1.87 bits per heavy atom. The number of ether oxygens (including phenoxy) is 4. The van der Waals surface area contributed by atoms with Crippen LogP contribution in [0.2, 0.25) is 0 Å². The highest BCUT2D eigenvalue weighted by molar-refractivity contribution is 7.99. The van der Waals surface area contributed by atoms with Crippen LogP contribution in [0.15, 0.2) is 47.4 Å². The number of alkyl halides is 3. The molecule has 1 aliphatic heterocycles. The third-order valence-electron chi connectivity index (χ3n) is 4.54. The van der Waals surface area contributed by atoms with Gasteiger partial charge in [-0.15, -0.1) is 11.8 Å². The molecule has 0 saturated carbocycles. The SMILES string of the molecule is CCOC(=O)COc1ccc(SCC2(COc3ccc(C(F)(F)F)cc3)CO2)cc1C. The highest BCUT2D eigenvalue weighted by atomic mass is 32.2. The molecular formula is C22H23F3O5S. The van der Waals surface area contributed by atoms with Gasteiger partial charge in [-0.3, -0.25) is 0 Å². The van der Waals surface area contributed by atoms with E-state index in [4.69, 9.17) is 18.9 Å². The minimum atomic E-state index is -4.37. The largest absolute Gasteiger partial charge is 0.490 e. The minimum absolute atomic E-state index is 0.139. The average Bonchev–Trinajstić information content (AvgIpc) is 3.50. The van der Waals surface area contributed by atoms with Crippen molar-refractivity contribution < 1.29 is 36.9 Å². The normalized spacial score (nSPS) is 17.8. The van der Waals surface area contributed by atoms with E-state index in [2.05, 4.69) is 0 Å². The van der Waals surface area contributed by atoms with E-state index < -0.39 is 23.3 Å². The number of halogens is 3. The molecule has 3 rings (SSSR count). The third kappa shape index (κ3) is 6.80. The number of hydrogen-bond donors (Lipinski definition) is 0. The first-order valence-electron chi connectivity index (χ1n) is 9.67. The Morgan fingerprint density at radius 3 is 2.45 bits per heavy atom. The van der Waals surface area contributed by atoms with Gasteiger partial charge >= 0.3 is 12.1 Å². The zero-order chi connectivity index (χ0) is 22.5. The molecule has 0 aliphatic carbocycles. The summed E-state index contributed by atoms with van der Waals surface area (Å²) in [4.78, 5) is 12.4. The Hall–Kier alpha value is -2.39. The summed E-state index contributed by atoms with van der Waals surface area (Å²) in [6.07, 6.45) is -4.37. The molecule has 0 spiro atoms. The molecular weight excluding hydrogens is 433 g/mol. The van der Waals surface area contributed by atoms with Crippen molar-refractivity contribution in [3.8, 4) is 11.5 Å². The maximum atomic E-state index is 12.6. The molecule has 0 N–H and O–H groups in total. The number of rotatable bonds is 10. The number of epoxide rings is 1. The van der Waals surface area contributed by atoms with Crippen molar-refractivity contribution in [2.24, 2.45) is 0 Å². The summed E-state index contributed by atoms with van der Waals surface area (Å²) in [6.45, 7) is 4.58. The van der Waals surface area contributed by atoms with Gasteiger partial charge in [-0.05, 0) is 61.9 Å². The molecule has 0 radical (unpaired) electrons. The van der Waals surface area contributed by atoms with E-state index in [0.29, 0.717) is 30.5 Å². The maximum Gasteiger partial charge on any atom is 0.416 e. The van der Waals surface area contributed by atoms with Gasteiger partial charge < -0.3 is 18.9 Å². The van der Waals surface area contributed by atoms with E-state index in [1.807, 2.05) is 19.1 Å². The lowest BCUT2D eigenvalue weighted by Gasteiger charge is -2.15. The number of thioether (sulfide) groups is 1. The highest BCUT2D eigenvalue weighted by Crippen LogP contribution is 2.36. The van der Waals surface area contributed by atoms with Crippen LogP contribution in [-0.2, 0) is 20.4 Å². The number of carbonyl (C=O) groups is 1. The second kappa shape index (κ2) is 9.82. The number of carbonyl (C=O) groups excluding carboxylic acids is 1. The van der Waals surface area contributed by atoms with Gasteiger partial charge in [-0.2, -0.15) is 13.2 Å². The molecule has 1 aliphatic rings. The molecule has 0 bridgehead atoms. The first-order chi connectivity index (χ1) is 14.7. The van der Waals surface area contributed by atoms with Crippen LogP contribution in [0, 0.1) is 6.92 Å². The Kier molecular flexibility index (Phi) is 7.38. The fourth-order valence-corrected chi connectivity index (χ4v) is 3.80. The Balaban J connectivity index is 1.48. The van der Waals surface area contributed by atoms with Crippen LogP contribution in [0.5, 0.6) is 11.5 Å². The second-order valence-electron chi connectivity index (χ2n) is 7.09. The van der Waals surface area contributed by atoms with Crippen molar-refractivity contribution in [2.45, 2.75) is 30.5 Å². The van der Waals surface area contributed by atoms with Crippen LogP contribution in [0.1, 0.15) is 18.1 Å². The van der Waals surface area contributed by atoms with E-state index in [1.165, 1.54) is 12.1 Å². The maximum absolute atomic E-state index is 12.6. The molecule has 9 heteroatoms. The van der Waals surface area contributed by atoms with Gasteiger partial charge in [0.25, 0.3) is 0 Å². The first kappa shape index (κ1) is 23.3. The van der Waals surface area contributed by atoms with E-state index in [0.717, 1.165) is 22.6 Å². The van der Waals surface area contributed by atoms with E-state index in [1.54, 1.807) is 24.8 Å². The van der Waals surface area contributed by atoms with Crippen molar-refractivity contribution in [3.05, 3.63) is 53.6 Å². The van der Waals surface area contributed by atoms with E-state index in [-0.39, 0.29) is 13.2 Å². The first-order valence-corrected chi connectivity index (χ1v) is 10.7. The number of aryl methyl sites for hydroxylation is 1. The third-order valence-corrected chi connectivity index (χ3v) is 5.79. The fraction of sp³-hybridized carbons (Fsp3) is 0.409. The minimum Gasteiger partial charge on any atom is -0.490 e. The van der Waals surface area contributed by atoms with Crippen LogP contribution >= 0.6 is 11.8 Å². The summed E-state index contributed by atoms with van der Waals surface area (Å²) in [5.41, 5.74) is -0.278. The molecule has 1 unspecified atom stereocenters. The molecule has 0 amide bonds. The number of benzene rings is 2. The van der Waals surface area contributed by atoms with Gasteiger partial charge in [0.05, 0.1) is 18.8 Å². The molecule has 168 valence electrons. The average molecular weight is 456 g/mol. The predicted octanol–water partition coefficient (Wildman–Crippen LogP) is 4.90. The molecule has 1 atom stereocenters. The van der Waals surface area contributed by atoms with Gasteiger partial charge in [0.2, 0.25) is 0 Å². The number of esters is 1. The lowest BCUT2D eigenvalue weighted by Crippen LogP contribution is -2.24. The predicted molar refractivity (Wildman–Crippen MR) is 110 cm³/mol. The van der Waals surface area contributed by atoms with Crippen LogP contribution in [0.4, 0.5) is 13.2 Å². The molecule has 5 nitrogen and oxygen atoms in total. The van der Waals surface area contributed by atoms with Crippen molar-refractivity contribution in [2.75, 3.05) is 32.2 Å². The van der Waals surface area contributed by atoms with E-state index in [9.17, 15) is 18.0 Å². The summed E-state index contributed by atoms with van der Waals surface area (Å²) < 4.78 is 59.4. The highest BCUT2D eigenvalue weighted by Gasteiger charge is 2.45. The lowest BCUT2D eigenvalue weighted by molar-refractivity contribution is -0.145. The second-order valence-corrected chi connectivity index (χ2v) is 8.14. The molecule has 1 saturated heterocycles. The quantitative estimate of drug-likeness (QED) is 0.288. The Morgan fingerprint density at radius 1 is 1.16 bits per heavy atom. The van der Waals surface area contributed by atoms with E-state index >= 15 is 0 Å². The summed E-state index contributed by atoms with van der Waals surface area (Å²) in [7, 11) is 0. The summed E-state index contributed by atoms with van der Waals surface area (Å²) >= 11 is 1.59. The molecule has 31 heavy (non-hydrogen) atoms. The van der Waals surface area contributed by atoms with Gasteiger partial charge in [0, 0.05) is 10.6 Å². The van der Waals surface area contributed by atoms with Crippen molar-refractivity contribution in [1.29, 1.82) is 0 Å². The Bertz CT molecular complexity index is 895. The number of hydrogen-bond acceptors (Lipinski definition) is 6. The smallest absolute Gasteiger partial charge is 0.416 e. The van der Waals surface area contributed by atoms with Gasteiger partial charge in [0.15, 0.2) is 6.61 Å². The van der Waals surface area contributed by atoms with Crippen molar-refractivity contribution in [1.82, 2.24) is 0 Å². The molecule has 1 heterocycles. The summed E-state index contributed by atoms with van der Waals surface area (Å²) in [5, 5.41) is 0. The zero-order valence-corrected chi connectivity index (χ0v) is 18.0. The zero-order valence-electron chi connectivity index (χ0n) is 17.2. The molecule has 2 aromatic carbocycles. The van der Waals surface area contributed by atoms with Gasteiger partial charge in [-0.1, -0.05) is 0 Å².